The van der Waals surface area contributed by atoms with E-state index < -0.39 is 0 Å². The molecular weight excluding hydrogens is 282 g/mol. The Morgan fingerprint density at radius 1 is 1.10 bits per heavy atom. The molecule has 2 aliphatic rings. The molecule has 2 aliphatic carbocycles. The Hall–Kier alpha value is -1.01. The summed E-state index contributed by atoms with van der Waals surface area (Å²) in [4.78, 5) is 9.33. The van der Waals surface area contributed by atoms with Crippen LogP contribution in [0.1, 0.15) is 55.8 Å². The zero-order chi connectivity index (χ0) is 14.8. The zero-order valence-electron chi connectivity index (χ0n) is 12.9. The van der Waals surface area contributed by atoms with Crippen LogP contribution in [0.25, 0.3) is 0 Å². The minimum absolute atomic E-state index is 0.500. The Labute approximate surface area is 130 Å². The number of nitrogens with two attached hydrogens (primary N) is 1. The van der Waals surface area contributed by atoms with Crippen molar-refractivity contribution >= 4 is 23.4 Å². The van der Waals surface area contributed by atoms with Crippen LogP contribution < -0.4 is 16.6 Å². The zero-order valence-corrected chi connectivity index (χ0v) is 13.7. The maximum absolute atomic E-state index is 5.62. The van der Waals surface area contributed by atoms with Crippen molar-refractivity contribution in [1.29, 1.82) is 0 Å². The third-order valence-electron chi connectivity index (χ3n) is 4.57. The van der Waals surface area contributed by atoms with Crippen LogP contribution in [0.3, 0.4) is 0 Å². The highest BCUT2D eigenvalue weighted by Gasteiger charge is 2.30. The molecule has 0 aliphatic heterocycles. The summed E-state index contributed by atoms with van der Waals surface area (Å²) in [7, 11) is 0. The van der Waals surface area contributed by atoms with Crippen molar-refractivity contribution in [3.63, 3.8) is 0 Å². The normalized spacial score (nSPS) is 25.7. The summed E-state index contributed by atoms with van der Waals surface area (Å²) in [6.45, 7) is 2.03. The van der Waals surface area contributed by atoms with Gasteiger partial charge in [-0.25, -0.2) is 15.8 Å². The number of nitrogen functional groups attached to an aromatic ring is 1. The van der Waals surface area contributed by atoms with E-state index >= 15 is 0 Å². The van der Waals surface area contributed by atoms with Crippen molar-refractivity contribution < 1.29 is 0 Å². The fourth-order valence-electron chi connectivity index (χ4n) is 3.06. The number of aromatic nitrogens is 2. The van der Waals surface area contributed by atoms with E-state index in [9.17, 15) is 0 Å². The first-order chi connectivity index (χ1) is 10.2. The summed E-state index contributed by atoms with van der Waals surface area (Å²) < 4.78 is 0. The maximum Gasteiger partial charge on any atom is 0.148 e. The van der Waals surface area contributed by atoms with Crippen LogP contribution >= 0.6 is 11.8 Å². The highest BCUT2D eigenvalue weighted by atomic mass is 32.2. The average Bonchev–Trinajstić information content (AvgIpc) is 3.34. The van der Waals surface area contributed by atoms with Crippen LogP contribution in [0, 0.1) is 6.92 Å². The van der Waals surface area contributed by atoms with Crippen molar-refractivity contribution in [2.75, 3.05) is 17.0 Å². The Morgan fingerprint density at radius 3 is 2.48 bits per heavy atom. The lowest BCUT2D eigenvalue weighted by molar-refractivity contribution is 0.474. The highest BCUT2D eigenvalue weighted by molar-refractivity contribution is 7.99. The molecule has 116 valence electrons. The smallest absolute Gasteiger partial charge is 0.148 e. The Bertz CT molecular complexity index is 503. The molecule has 1 heterocycles. The summed E-state index contributed by atoms with van der Waals surface area (Å²) in [5.74, 6) is 8.81. The molecule has 0 radical (unpaired) electrons. The van der Waals surface area contributed by atoms with Crippen LogP contribution in [0.15, 0.2) is 0 Å². The van der Waals surface area contributed by atoms with Gasteiger partial charge in [-0.05, 0) is 38.9 Å². The molecule has 0 saturated heterocycles. The molecule has 0 bridgehead atoms. The van der Waals surface area contributed by atoms with Gasteiger partial charge in [0, 0.05) is 22.8 Å². The van der Waals surface area contributed by atoms with Crippen LogP contribution in [0.5, 0.6) is 0 Å². The number of rotatable bonds is 5. The maximum atomic E-state index is 5.62. The second-order valence-corrected chi connectivity index (χ2v) is 7.21. The van der Waals surface area contributed by atoms with Gasteiger partial charge in [0.05, 0.1) is 0 Å². The molecule has 3 rings (SSSR count). The van der Waals surface area contributed by atoms with Crippen molar-refractivity contribution in [3.8, 4) is 0 Å². The molecule has 2 fully saturated rings. The Balaban J connectivity index is 1.84. The van der Waals surface area contributed by atoms with Crippen LogP contribution in [-0.2, 0) is 0 Å². The largest absolute Gasteiger partial charge is 0.366 e. The lowest BCUT2D eigenvalue weighted by Gasteiger charge is -2.32. The second kappa shape index (κ2) is 6.40. The molecule has 0 amide bonds. The fourth-order valence-corrected chi connectivity index (χ4v) is 3.99. The molecule has 2 saturated carbocycles. The first-order valence-electron chi connectivity index (χ1n) is 7.87. The van der Waals surface area contributed by atoms with Gasteiger partial charge in [0.15, 0.2) is 0 Å². The molecule has 1 aromatic rings. The number of thioether (sulfide) groups is 1. The van der Waals surface area contributed by atoms with Crippen LogP contribution in [-0.4, -0.2) is 27.5 Å². The number of hydrazine groups is 1. The van der Waals surface area contributed by atoms with Gasteiger partial charge in [-0.1, -0.05) is 12.8 Å². The standard InChI is InChI=1S/C15H25N5S/c1-9-13(17-11-5-3-4-6-12(11)21-2)18-15(10-7-8-10)19-14(9)20-16/h10-12H,3-8,16H2,1-2H3,(H2,17,18,19,20). The summed E-state index contributed by atoms with van der Waals surface area (Å²) >= 11 is 1.97. The monoisotopic (exact) mass is 307 g/mol. The van der Waals surface area contributed by atoms with Gasteiger partial charge >= 0.3 is 0 Å². The summed E-state index contributed by atoms with van der Waals surface area (Å²) in [5.41, 5.74) is 3.75. The van der Waals surface area contributed by atoms with Gasteiger partial charge in [0.2, 0.25) is 0 Å². The summed E-state index contributed by atoms with van der Waals surface area (Å²) in [5, 5.41) is 4.35. The molecule has 2 unspecified atom stereocenters. The SMILES string of the molecule is CSC1CCCCC1Nc1nc(C2CC2)nc(NN)c1C. The minimum atomic E-state index is 0.500. The molecule has 5 nitrogen and oxygen atoms in total. The third-order valence-corrected chi connectivity index (χ3v) is 5.74. The van der Waals surface area contributed by atoms with E-state index in [4.69, 9.17) is 10.8 Å². The fraction of sp³-hybridized carbons (Fsp3) is 0.733. The van der Waals surface area contributed by atoms with Crippen molar-refractivity contribution in [3.05, 3.63) is 11.4 Å². The number of nitrogens with one attached hydrogen (secondary N) is 2. The predicted molar refractivity (Wildman–Crippen MR) is 89.7 cm³/mol. The summed E-state index contributed by atoms with van der Waals surface area (Å²) in [6, 6.07) is 0.500. The van der Waals surface area contributed by atoms with Gasteiger partial charge in [-0.2, -0.15) is 11.8 Å². The van der Waals surface area contributed by atoms with Crippen LogP contribution in [0.4, 0.5) is 11.6 Å². The van der Waals surface area contributed by atoms with Gasteiger partial charge in [0.25, 0.3) is 0 Å². The van der Waals surface area contributed by atoms with Crippen molar-refractivity contribution in [1.82, 2.24) is 9.97 Å². The number of anilines is 2. The lowest BCUT2D eigenvalue weighted by atomic mass is 9.94. The molecule has 6 heteroatoms. The molecule has 1 aromatic heterocycles. The van der Waals surface area contributed by atoms with Crippen LogP contribution in [0.2, 0.25) is 0 Å². The van der Waals surface area contributed by atoms with Gasteiger partial charge < -0.3 is 10.7 Å². The van der Waals surface area contributed by atoms with E-state index in [1.807, 2.05) is 18.7 Å². The Kier molecular flexibility index (Phi) is 4.54. The number of hydrogen-bond acceptors (Lipinski definition) is 6. The predicted octanol–water partition coefficient (Wildman–Crippen LogP) is 3.03. The quantitative estimate of drug-likeness (QED) is 0.573. The number of hydrogen-bond donors (Lipinski definition) is 3. The van der Waals surface area contributed by atoms with E-state index in [1.54, 1.807) is 0 Å². The molecule has 0 spiro atoms. The topological polar surface area (TPSA) is 75.9 Å². The van der Waals surface area contributed by atoms with Crippen molar-refractivity contribution in [2.45, 2.75) is 62.7 Å². The summed E-state index contributed by atoms with van der Waals surface area (Å²) in [6.07, 6.45) is 9.76. The van der Waals surface area contributed by atoms with Gasteiger partial charge in [-0.15, -0.1) is 0 Å². The van der Waals surface area contributed by atoms with E-state index in [-0.39, 0.29) is 0 Å². The van der Waals surface area contributed by atoms with E-state index in [0.29, 0.717) is 17.2 Å². The van der Waals surface area contributed by atoms with Gasteiger partial charge in [-0.3, -0.25) is 0 Å². The number of nitrogens with zero attached hydrogens (tertiary/aromatic N) is 2. The molecule has 21 heavy (non-hydrogen) atoms. The molecule has 2 atom stereocenters. The van der Waals surface area contributed by atoms with E-state index in [1.165, 1.54) is 38.5 Å². The lowest BCUT2D eigenvalue weighted by Crippen LogP contribution is -2.35. The Morgan fingerprint density at radius 2 is 1.81 bits per heavy atom. The first-order valence-corrected chi connectivity index (χ1v) is 9.16. The average molecular weight is 307 g/mol. The molecule has 4 N–H and O–H groups in total. The molecule has 0 aromatic carbocycles. The van der Waals surface area contributed by atoms with Gasteiger partial charge in [0.1, 0.15) is 17.5 Å². The highest BCUT2D eigenvalue weighted by Crippen LogP contribution is 2.40. The van der Waals surface area contributed by atoms with Crippen molar-refractivity contribution in [2.24, 2.45) is 5.84 Å². The third kappa shape index (κ3) is 3.26. The minimum Gasteiger partial charge on any atom is -0.366 e. The first kappa shape index (κ1) is 14.9. The molecular formula is C15H25N5S. The van der Waals surface area contributed by atoms with E-state index in [2.05, 4.69) is 22.0 Å². The second-order valence-electron chi connectivity index (χ2n) is 6.13. The van der Waals surface area contributed by atoms with E-state index in [0.717, 1.165) is 23.0 Å².